The summed E-state index contributed by atoms with van der Waals surface area (Å²) in [7, 11) is 0. The Hall–Kier alpha value is -4.13. The summed E-state index contributed by atoms with van der Waals surface area (Å²) in [5.74, 6) is 0.196. The van der Waals surface area contributed by atoms with E-state index in [2.05, 4.69) is 5.32 Å². The summed E-state index contributed by atoms with van der Waals surface area (Å²) in [5.41, 5.74) is 2.86. The van der Waals surface area contributed by atoms with Crippen molar-refractivity contribution in [3.05, 3.63) is 101 Å². The van der Waals surface area contributed by atoms with Gasteiger partial charge >= 0.3 is 6.09 Å². The highest BCUT2D eigenvalue weighted by Gasteiger charge is 2.34. The largest absolute Gasteiger partial charge is 0.494 e. The van der Waals surface area contributed by atoms with E-state index in [0.717, 1.165) is 11.1 Å². The summed E-state index contributed by atoms with van der Waals surface area (Å²) in [4.78, 5) is 37.9. The van der Waals surface area contributed by atoms with Crippen molar-refractivity contribution in [1.29, 1.82) is 0 Å². The van der Waals surface area contributed by atoms with E-state index < -0.39 is 6.09 Å². The van der Waals surface area contributed by atoms with Gasteiger partial charge in [0.1, 0.15) is 12.4 Å². The van der Waals surface area contributed by atoms with E-state index in [9.17, 15) is 14.4 Å². The third-order valence-electron chi connectivity index (χ3n) is 5.47. The van der Waals surface area contributed by atoms with Crippen LogP contribution < -0.4 is 10.1 Å². The van der Waals surface area contributed by atoms with E-state index in [1.807, 2.05) is 54.6 Å². The third-order valence-corrected chi connectivity index (χ3v) is 5.47. The first-order chi connectivity index (χ1) is 16.6. The highest BCUT2D eigenvalue weighted by molar-refractivity contribution is 6.21. The van der Waals surface area contributed by atoms with Gasteiger partial charge in [-0.05, 0) is 48.2 Å². The summed E-state index contributed by atoms with van der Waals surface area (Å²) in [5, 5.41) is 2.75. The molecule has 7 heteroatoms. The minimum atomic E-state index is -0.454. The molecule has 0 bridgehead atoms. The van der Waals surface area contributed by atoms with Crippen LogP contribution in [0.2, 0.25) is 0 Å². The minimum absolute atomic E-state index is 0.233. The predicted molar refractivity (Wildman–Crippen MR) is 127 cm³/mol. The lowest BCUT2D eigenvalue weighted by molar-refractivity contribution is 0.0646. The summed E-state index contributed by atoms with van der Waals surface area (Å²) in [6.45, 7) is 1.36. The van der Waals surface area contributed by atoms with Crippen LogP contribution in [0.15, 0.2) is 78.9 Å². The van der Waals surface area contributed by atoms with Crippen LogP contribution in [0.1, 0.15) is 38.3 Å². The van der Waals surface area contributed by atoms with Gasteiger partial charge in [-0.2, -0.15) is 0 Å². The number of ether oxygens (including phenoxy) is 2. The molecular weight excluding hydrogens is 432 g/mol. The minimum Gasteiger partial charge on any atom is -0.494 e. The van der Waals surface area contributed by atoms with E-state index in [1.54, 1.807) is 24.3 Å². The number of amides is 3. The molecule has 0 aromatic heterocycles. The maximum atomic E-state index is 12.4. The van der Waals surface area contributed by atoms with Gasteiger partial charge in [-0.1, -0.05) is 54.6 Å². The van der Waals surface area contributed by atoms with Gasteiger partial charge in [0.25, 0.3) is 11.8 Å². The zero-order valence-corrected chi connectivity index (χ0v) is 18.7. The Morgan fingerprint density at radius 2 is 1.50 bits per heavy atom. The average molecular weight is 459 g/mol. The Balaban J connectivity index is 1.16. The van der Waals surface area contributed by atoms with Gasteiger partial charge in [0.2, 0.25) is 0 Å². The topological polar surface area (TPSA) is 84.9 Å². The Bertz CT molecular complexity index is 1130. The van der Waals surface area contributed by atoms with Crippen LogP contribution in [0.5, 0.6) is 5.75 Å². The Kier molecular flexibility index (Phi) is 7.55. The smallest absolute Gasteiger partial charge is 0.407 e. The number of benzene rings is 3. The summed E-state index contributed by atoms with van der Waals surface area (Å²) in [6.07, 6.45) is 0.710. The zero-order chi connectivity index (χ0) is 23.8. The Morgan fingerprint density at radius 1 is 0.824 bits per heavy atom. The molecule has 34 heavy (non-hydrogen) atoms. The van der Waals surface area contributed by atoms with Crippen molar-refractivity contribution in [1.82, 2.24) is 10.2 Å². The first kappa shape index (κ1) is 23.0. The van der Waals surface area contributed by atoms with Gasteiger partial charge in [0, 0.05) is 13.1 Å². The summed E-state index contributed by atoms with van der Waals surface area (Å²) in [6, 6.07) is 24.0. The molecule has 0 saturated heterocycles. The van der Waals surface area contributed by atoms with Crippen molar-refractivity contribution >= 4 is 17.9 Å². The number of imide groups is 1. The molecule has 0 radical (unpaired) electrons. The van der Waals surface area contributed by atoms with Crippen molar-refractivity contribution in [3.63, 3.8) is 0 Å². The molecule has 174 valence electrons. The number of carbonyl (C=O) groups is 3. The van der Waals surface area contributed by atoms with Crippen molar-refractivity contribution in [2.24, 2.45) is 0 Å². The molecule has 3 aromatic rings. The Morgan fingerprint density at radius 3 is 2.24 bits per heavy atom. The van der Waals surface area contributed by atoms with Crippen LogP contribution in [0.25, 0.3) is 0 Å². The van der Waals surface area contributed by atoms with Crippen LogP contribution in [0.3, 0.4) is 0 Å². The lowest BCUT2D eigenvalue weighted by Crippen LogP contribution is -2.31. The third kappa shape index (κ3) is 5.81. The fraction of sp³-hybridized carbons (Fsp3) is 0.222. The number of carbonyl (C=O) groups excluding carboxylic acids is 3. The van der Waals surface area contributed by atoms with Crippen LogP contribution in [-0.4, -0.2) is 42.5 Å². The molecule has 1 heterocycles. The molecule has 3 amide bonds. The highest BCUT2D eigenvalue weighted by Crippen LogP contribution is 2.22. The van der Waals surface area contributed by atoms with Crippen molar-refractivity contribution < 1.29 is 23.9 Å². The van der Waals surface area contributed by atoms with Gasteiger partial charge in [0.15, 0.2) is 0 Å². The highest BCUT2D eigenvalue weighted by atomic mass is 16.5. The molecule has 7 nitrogen and oxygen atoms in total. The Labute approximate surface area is 198 Å². The van der Waals surface area contributed by atoms with Crippen LogP contribution in [-0.2, 0) is 17.8 Å². The zero-order valence-electron chi connectivity index (χ0n) is 18.7. The SMILES string of the molecule is O=C(NCCc1cccc(OCCCN2C(=O)c3ccccc3C2=O)c1)OCc1ccccc1. The fourth-order valence-corrected chi connectivity index (χ4v) is 3.73. The summed E-state index contributed by atoms with van der Waals surface area (Å²) < 4.78 is 11.0. The van der Waals surface area contributed by atoms with Gasteiger partial charge in [-0.3, -0.25) is 14.5 Å². The van der Waals surface area contributed by atoms with Crippen molar-refractivity contribution in [2.75, 3.05) is 19.7 Å². The predicted octanol–water partition coefficient (Wildman–Crippen LogP) is 4.22. The molecule has 3 aromatic carbocycles. The standard InChI is InChI=1S/C27H26N2O5/c30-25-23-12-4-5-13-24(23)26(31)29(25)16-7-17-33-22-11-6-10-20(18-22)14-15-28-27(32)34-19-21-8-2-1-3-9-21/h1-6,8-13,18H,7,14-17,19H2,(H,28,32). The number of alkyl carbamates (subject to hydrolysis) is 1. The van der Waals surface area contributed by atoms with Crippen LogP contribution in [0.4, 0.5) is 4.79 Å². The molecule has 0 atom stereocenters. The van der Waals surface area contributed by atoms with E-state index in [0.29, 0.717) is 49.4 Å². The number of nitrogens with one attached hydrogen (secondary N) is 1. The molecule has 1 aliphatic heterocycles. The maximum Gasteiger partial charge on any atom is 0.407 e. The molecule has 0 unspecified atom stereocenters. The van der Waals surface area contributed by atoms with Gasteiger partial charge < -0.3 is 14.8 Å². The number of nitrogens with zero attached hydrogens (tertiary/aromatic N) is 1. The first-order valence-electron chi connectivity index (χ1n) is 11.2. The second-order valence-electron chi connectivity index (χ2n) is 7.90. The molecule has 1 N–H and O–H groups in total. The molecule has 4 rings (SSSR count). The lowest BCUT2D eigenvalue weighted by atomic mass is 10.1. The lowest BCUT2D eigenvalue weighted by Gasteiger charge is -2.14. The van der Waals surface area contributed by atoms with E-state index in [-0.39, 0.29) is 18.4 Å². The number of hydrogen-bond donors (Lipinski definition) is 1. The van der Waals surface area contributed by atoms with Gasteiger partial charge in [-0.25, -0.2) is 4.79 Å². The van der Waals surface area contributed by atoms with E-state index >= 15 is 0 Å². The van der Waals surface area contributed by atoms with Gasteiger partial charge in [0.05, 0.1) is 17.7 Å². The van der Waals surface area contributed by atoms with Crippen molar-refractivity contribution in [2.45, 2.75) is 19.4 Å². The molecule has 0 aliphatic carbocycles. The van der Waals surface area contributed by atoms with E-state index in [1.165, 1.54) is 4.90 Å². The molecular formula is C27H26N2O5. The monoisotopic (exact) mass is 458 g/mol. The number of hydrogen-bond acceptors (Lipinski definition) is 5. The molecule has 0 spiro atoms. The van der Waals surface area contributed by atoms with E-state index in [4.69, 9.17) is 9.47 Å². The normalized spacial score (nSPS) is 12.4. The summed E-state index contributed by atoms with van der Waals surface area (Å²) >= 11 is 0. The first-order valence-corrected chi connectivity index (χ1v) is 11.2. The second kappa shape index (κ2) is 11.1. The number of fused-ring (bicyclic) bond motifs is 1. The average Bonchev–Trinajstić information content (AvgIpc) is 3.11. The quantitative estimate of drug-likeness (QED) is 0.363. The van der Waals surface area contributed by atoms with Crippen molar-refractivity contribution in [3.8, 4) is 5.75 Å². The fourth-order valence-electron chi connectivity index (χ4n) is 3.73. The van der Waals surface area contributed by atoms with Crippen LogP contribution in [0, 0.1) is 0 Å². The maximum absolute atomic E-state index is 12.4. The van der Waals surface area contributed by atoms with Gasteiger partial charge in [-0.15, -0.1) is 0 Å². The number of rotatable bonds is 10. The second-order valence-corrected chi connectivity index (χ2v) is 7.90. The molecule has 0 saturated carbocycles. The molecule has 1 aliphatic rings. The molecule has 0 fully saturated rings. The van der Waals surface area contributed by atoms with Crippen LogP contribution >= 0.6 is 0 Å².